The van der Waals surface area contributed by atoms with Gasteiger partial charge in [-0.25, -0.2) is 13.9 Å². The Morgan fingerprint density at radius 3 is 2.79 bits per heavy atom. The van der Waals surface area contributed by atoms with E-state index in [0.717, 1.165) is 0 Å². The third-order valence-electron chi connectivity index (χ3n) is 2.47. The number of carbonyl (C=O) groups is 1. The molecule has 1 N–H and O–H groups in total. The van der Waals surface area contributed by atoms with E-state index in [2.05, 4.69) is 10.3 Å². The molecule has 100 valence electrons. The summed E-state index contributed by atoms with van der Waals surface area (Å²) in [6.07, 6.45) is 1.23. The lowest BCUT2D eigenvalue weighted by Gasteiger charge is -2.13. The number of rotatable bonds is 3. The second-order valence-electron chi connectivity index (χ2n) is 3.76. The van der Waals surface area contributed by atoms with Crippen LogP contribution in [0.25, 0.3) is 5.69 Å². The van der Waals surface area contributed by atoms with E-state index in [1.165, 1.54) is 16.9 Å². The summed E-state index contributed by atoms with van der Waals surface area (Å²) >= 11 is 7.80. The van der Waals surface area contributed by atoms with Gasteiger partial charge in [-0.1, -0.05) is 39.4 Å². The molecule has 0 bridgehead atoms. The van der Waals surface area contributed by atoms with Crippen LogP contribution in [0.2, 0.25) is 5.02 Å². The summed E-state index contributed by atoms with van der Waals surface area (Å²) in [4.78, 5) is 10.8. The Hall–Kier alpha value is -1.22. The highest BCUT2D eigenvalue weighted by atomic mass is 127. The van der Waals surface area contributed by atoms with E-state index in [1.54, 1.807) is 13.0 Å². The highest BCUT2D eigenvalue weighted by molar-refractivity contribution is 14.1. The van der Waals surface area contributed by atoms with Crippen LogP contribution in [0.3, 0.4) is 0 Å². The van der Waals surface area contributed by atoms with Crippen molar-refractivity contribution in [2.24, 2.45) is 0 Å². The van der Waals surface area contributed by atoms with E-state index in [1.807, 2.05) is 22.6 Å². The Morgan fingerprint density at radius 1 is 1.58 bits per heavy atom. The molecule has 1 aromatic heterocycles. The normalized spacial score (nSPS) is 12.4. The van der Waals surface area contributed by atoms with Crippen molar-refractivity contribution in [3.05, 3.63) is 40.4 Å². The molecule has 5 nitrogen and oxygen atoms in total. The Kier molecular flexibility index (Phi) is 4.04. The van der Waals surface area contributed by atoms with E-state index in [0.29, 0.717) is 11.3 Å². The van der Waals surface area contributed by atoms with Crippen molar-refractivity contribution >= 4 is 40.2 Å². The van der Waals surface area contributed by atoms with Crippen molar-refractivity contribution < 1.29 is 14.3 Å². The highest BCUT2D eigenvalue weighted by Crippen LogP contribution is 2.33. The molecule has 1 unspecified atom stereocenters. The highest BCUT2D eigenvalue weighted by Gasteiger charge is 2.19. The summed E-state index contributed by atoms with van der Waals surface area (Å²) in [7, 11) is 0. The van der Waals surface area contributed by atoms with Gasteiger partial charge in [0.1, 0.15) is 5.82 Å². The number of benzene rings is 1. The van der Waals surface area contributed by atoms with Gasteiger partial charge in [-0.3, -0.25) is 0 Å². The van der Waals surface area contributed by atoms with Crippen molar-refractivity contribution in [2.45, 2.75) is 10.8 Å². The van der Waals surface area contributed by atoms with Gasteiger partial charge in [-0.05, 0) is 19.1 Å². The lowest BCUT2D eigenvalue weighted by molar-refractivity contribution is 0.0690. The zero-order chi connectivity index (χ0) is 14.2. The maximum atomic E-state index is 14.0. The first-order valence-corrected chi connectivity index (χ1v) is 6.82. The largest absolute Gasteiger partial charge is 0.476 e. The van der Waals surface area contributed by atoms with Crippen LogP contribution < -0.4 is 0 Å². The van der Waals surface area contributed by atoms with E-state index >= 15 is 0 Å². The lowest BCUT2D eigenvalue weighted by atomic mass is 10.1. The summed E-state index contributed by atoms with van der Waals surface area (Å²) in [6.45, 7) is 1.80. The number of hydrogen-bond acceptors (Lipinski definition) is 3. The second kappa shape index (κ2) is 5.41. The molecule has 0 aliphatic carbocycles. The standard InChI is InChI=1S/C11H8ClFIN3O2/c1-5(14)9-8(3-2-6(12)10(9)13)17-4-7(11(18)19)15-16-17/h2-5H,1H3,(H,18,19). The minimum absolute atomic E-state index is 0.0147. The quantitative estimate of drug-likeness (QED) is 0.640. The Balaban J connectivity index is 2.61. The first-order valence-electron chi connectivity index (χ1n) is 5.19. The Labute approximate surface area is 126 Å². The SMILES string of the molecule is CC(I)c1c(-n2cc(C(=O)O)nn2)ccc(Cl)c1F. The van der Waals surface area contributed by atoms with Gasteiger partial charge in [-0.15, -0.1) is 5.10 Å². The topological polar surface area (TPSA) is 68.0 Å². The predicted octanol–water partition coefficient (Wildman–Crippen LogP) is 3.25. The summed E-state index contributed by atoms with van der Waals surface area (Å²) < 4.78 is 15.1. The van der Waals surface area contributed by atoms with Crippen molar-refractivity contribution in [3.63, 3.8) is 0 Å². The zero-order valence-corrected chi connectivity index (χ0v) is 12.6. The van der Waals surface area contributed by atoms with Gasteiger partial charge in [0.25, 0.3) is 0 Å². The molecule has 0 aliphatic rings. The van der Waals surface area contributed by atoms with Gasteiger partial charge in [0.2, 0.25) is 0 Å². The predicted molar refractivity (Wildman–Crippen MR) is 75.7 cm³/mol. The van der Waals surface area contributed by atoms with Crippen molar-refractivity contribution in [1.82, 2.24) is 15.0 Å². The van der Waals surface area contributed by atoms with Crippen LogP contribution in [0.1, 0.15) is 26.9 Å². The number of alkyl halides is 1. The molecule has 1 heterocycles. The molecule has 0 spiro atoms. The minimum atomic E-state index is -1.19. The van der Waals surface area contributed by atoms with E-state index in [9.17, 15) is 9.18 Å². The van der Waals surface area contributed by atoms with Crippen LogP contribution in [0.5, 0.6) is 0 Å². The smallest absolute Gasteiger partial charge is 0.358 e. The first-order chi connectivity index (χ1) is 8.91. The number of nitrogens with zero attached hydrogens (tertiary/aromatic N) is 3. The van der Waals surface area contributed by atoms with Crippen LogP contribution in [0.4, 0.5) is 4.39 Å². The molecule has 8 heteroatoms. The molecule has 19 heavy (non-hydrogen) atoms. The lowest BCUT2D eigenvalue weighted by Crippen LogP contribution is -2.04. The molecule has 2 aromatic rings. The molecule has 1 atom stereocenters. The summed E-state index contributed by atoms with van der Waals surface area (Å²) in [5.41, 5.74) is 0.571. The van der Waals surface area contributed by atoms with Gasteiger partial charge < -0.3 is 5.11 Å². The molecule has 0 saturated carbocycles. The third-order valence-corrected chi connectivity index (χ3v) is 3.38. The molecule has 0 fully saturated rings. The minimum Gasteiger partial charge on any atom is -0.476 e. The van der Waals surface area contributed by atoms with Crippen molar-refractivity contribution in [2.75, 3.05) is 0 Å². The monoisotopic (exact) mass is 395 g/mol. The summed E-state index contributed by atoms with van der Waals surface area (Å²) in [5, 5.41) is 16.0. The Morgan fingerprint density at radius 2 is 2.26 bits per heavy atom. The molecular formula is C11H8ClFIN3O2. The van der Waals surface area contributed by atoms with Crippen molar-refractivity contribution in [1.29, 1.82) is 0 Å². The van der Waals surface area contributed by atoms with Crippen LogP contribution in [0, 0.1) is 5.82 Å². The maximum absolute atomic E-state index is 14.0. The Bertz CT molecular complexity index is 645. The summed E-state index contributed by atoms with van der Waals surface area (Å²) in [6, 6.07) is 2.98. The van der Waals surface area contributed by atoms with Gasteiger partial charge in [0.15, 0.2) is 5.69 Å². The molecule has 0 aliphatic heterocycles. The van der Waals surface area contributed by atoms with Crippen LogP contribution in [-0.2, 0) is 0 Å². The fourth-order valence-electron chi connectivity index (χ4n) is 1.61. The fourth-order valence-corrected chi connectivity index (χ4v) is 2.37. The summed E-state index contributed by atoms with van der Waals surface area (Å²) in [5.74, 6) is -1.72. The fraction of sp³-hybridized carbons (Fsp3) is 0.182. The number of halogens is 3. The number of aromatic carboxylic acids is 1. The third kappa shape index (κ3) is 2.71. The number of aromatic nitrogens is 3. The molecule has 0 radical (unpaired) electrons. The van der Waals surface area contributed by atoms with Gasteiger partial charge in [0.05, 0.1) is 16.9 Å². The zero-order valence-electron chi connectivity index (χ0n) is 9.64. The van der Waals surface area contributed by atoms with E-state index in [-0.39, 0.29) is 14.6 Å². The molecule has 1 aromatic carbocycles. The number of carboxylic acids is 1. The average molecular weight is 396 g/mol. The molecular weight excluding hydrogens is 387 g/mol. The molecule has 2 rings (SSSR count). The number of carboxylic acid groups (broad SMARTS) is 1. The average Bonchev–Trinajstić information content (AvgIpc) is 2.81. The van der Waals surface area contributed by atoms with E-state index in [4.69, 9.17) is 16.7 Å². The van der Waals surface area contributed by atoms with Gasteiger partial charge in [-0.2, -0.15) is 0 Å². The first kappa shape index (κ1) is 14.2. The van der Waals surface area contributed by atoms with Gasteiger partial charge in [0, 0.05) is 9.49 Å². The van der Waals surface area contributed by atoms with E-state index < -0.39 is 11.8 Å². The maximum Gasteiger partial charge on any atom is 0.358 e. The van der Waals surface area contributed by atoms with Gasteiger partial charge >= 0.3 is 5.97 Å². The molecule has 0 saturated heterocycles. The number of hydrogen-bond donors (Lipinski definition) is 1. The van der Waals surface area contributed by atoms with Crippen LogP contribution in [-0.4, -0.2) is 26.1 Å². The molecule has 0 amide bonds. The van der Waals surface area contributed by atoms with Crippen LogP contribution >= 0.6 is 34.2 Å². The second-order valence-corrected chi connectivity index (χ2v) is 6.04. The van der Waals surface area contributed by atoms with Crippen LogP contribution in [0.15, 0.2) is 18.3 Å². The van der Waals surface area contributed by atoms with Crippen molar-refractivity contribution in [3.8, 4) is 5.69 Å².